The molecule has 4 nitrogen and oxygen atoms in total. The molecule has 0 radical (unpaired) electrons. The highest BCUT2D eigenvalue weighted by atomic mass is 32.2. The van der Waals surface area contributed by atoms with Gasteiger partial charge in [0.05, 0.1) is 10.9 Å². The Balaban J connectivity index is 2.05. The van der Waals surface area contributed by atoms with Crippen molar-refractivity contribution in [3.63, 3.8) is 0 Å². The first kappa shape index (κ1) is 21.5. The van der Waals surface area contributed by atoms with Crippen LogP contribution >= 0.6 is 0 Å². The van der Waals surface area contributed by atoms with Crippen LogP contribution in [0, 0.1) is 13.8 Å². The number of aryl methyl sites for hydroxylation is 2. The number of hydrogen-bond acceptors (Lipinski definition) is 3. The molecule has 2 rings (SSSR count). The van der Waals surface area contributed by atoms with Crippen molar-refractivity contribution in [3.05, 3.63) is 59.2 Å². The van der Waals surface area contributed by atoms with E-state index in [-0.39, 0.29) is 23.0 Å². The maximum Gasteiger partial charge on any atom is 0.240 e. The van der Waals surface area contributed by atoms with Crippen molar-refractivity contribution in [2.75, 3.05) is 6.61 Å². The fraction of sp³-hybridized carbons (Fsp3) is 0.455. The Morgan fingerprint density at radius 1 is 1.04 bits per heavy atom. The van der Waals surface area contributed by atoms with Gasteiger partial charge in [-0.15, -0.1) is 0 Å². The van der Waals surface area contributed by atoms with Crippen molar-refractivity contribution in [1.82, 2.24) is 4.72 Å². The van der Waals surface area contributed by atoms with Crippen LogP contribution in [-0.2, 0) is 15.4 Å². The molecule has 0 spiro atoms. The van der Waals surface area contributed by atoms with Crippen molar-refractivity contribution in [3.8, 4) is 5.75 Å². The van der Waals surface area contributed by atoms with Gasteiger partial charge >= 0.3 is 0 Å². The summed E-state index contributed by atoms with van der Waals surface area (Å²) in [6, 6.07) is 12.7. The standard InChI is InChI=1S/C22H31NO3S/c1-7-22(5,6)19-11-13-20(14-12-19)27(24,25)23-18(4)15-26-21-16(2)9-8-10-17(21)3/h8-14,18,23H,7,15H2,1-6H3. The number of nitrogens with one attached hydrogen (secondary N) is 1. The number of ether oxygens (including phenoxy) is 1. The zero-order valence-electron chi connectivity index (χ0n) is 17.2. The van der Waals surface area contributed by atoms with E-state index in [9.17, 15) is 8.42 Å². The summed E-state index contributed by atoms with van der Waals surface area (Å²) in [5.74, 6) is 0.815. The van der Waals surface area contributed by atoms with E-state index >= 15 is 0 Å². The maximum absolute atomic E-state index is 12.7. The smallest absolute Gasteiger partial charge is 0.240 e. The third-order valence-electron chi connectivity index (χ3n) is 5.07. The molecule has 0 saturated carbocycles. The van der Waals surface area contributed by atoms with Crippen LogP contribution in [0.4, 0.5) is 0 Å². The van der Waals surface area contributed by atoms with E-state index in [0.29, 0.717) is 0 Å². The van der Waals surface area contributed by atoms with Gasteiger partial charge < -0.3 is 4.74 Å². The molecule has 1 unspecified atom stereocenters. The fourth-order valence-corrected chi connectivity index (χ4v) is 4.12. The number of benzene rings is 2. The van der Waals surface area contributed by atoms with E-state index in [4.69, 9.17) is 4.74 Å². The molecule has 148 valence electrons. The van der Waals surface area contributed by atoms with Gasteiger partial charge in [0.15, 0.2) is 0 Å². The summed E-state index contributed by atoms with van der Waals surface area (Å²) in [5, 5.41) is 0. The third-order valence-corrected chi connectivity index (χ3v) is 6.68. The molecule has 0 amide bonds. The van der Waals surface area contributed by atoms with Crippen molar-refractivity contribution < 1.29 is 13.2 Å². The molecule has 0 aliphatic carbocycles. The molecule has 0 aliphatic heterocycles. The topological polar surface area (TPSA) is 55.4 Å². The van der Waals surface area contributed by atoms with E-state index in [2.05, 4.69) is 25.5 Å². The van der Waals surface area contributed by atoms with Crippen LogP contribution in [0.1, 0.15) is 50.8 Å². The average molecular weight is 390 g/mol. The normalized spacial score (nSPS) is 13.4. The zero-order chi connectivity index (χ0) is 20.2. The van der Waals surface area contributed by atoms with Crippen LogP contribution < -0.4 is 9.46 Å². The minimum atomic E-state index is -3.58. The Morgan fingerprint density at radius 3 is 2.11 bits per heavy atom. The molecule has 0 bridgehead atoms. The van der Waals surface area contributed by atoms with Crippen LogP contribution in [0.3, 0.4) is 0 Å². The highest BCUT2D eigenvalue weighted by molar-refractivity contribution is 7.89. The number of rotatable bonds is 8. The third kappa shape index (κ3) is 5.33. The van der Waals surface area contributed by atoms with Crippen LogP contribution in [0.15, 0.2) is 47.4 Å². The van der Waals surface area contributed by atoms with Gasteiger partial charge in [-0.1, -0.05) is 51.1 Å². The Kier molecular flexibility index (Phi) is 6.71. The lowest BCUT2D eigenvalue weighted by Gasteiger charge is -2.23. The summed E-state index contributed by atoms with van der Waals surface area (Å²) < 4.78 is 33.9. The van der Waals surface area contributed by atoms with Gasteiger partial charge in [0.25, 0.3) is 0 Å². The first-order chi connectivity index (χ1) is 12.6. The minimum Gasteiger partial charge on any atom is -0.491 e. The maximum atomic E-state index is 12.7. The molecule has 1 atom stereocenters. The number of hydrogen-bond donors (Lipinski definition) is 1. The molecule has 0 aliphatic rings. The summed E-state index contributed by atoms with van der Waals surface area (Å²) in [7, 11) is -3.58. The average Bonchev–Trinajstić information content (AvgIpc) is 2.61. The Bertz CT molecular complexity index is 851. The van der Waals surface area contributed by atoms with Crippen molar-refractivity contribution in [2.45, 2.75) is 64.3 Å². The van der Waals surface area contributed by atoms with Crippen molar-refractivity contribution >= 4 is 10.0 Å². The van der Waals surface area contributed by atoms with Crippen molar-refractivity contribution in [1.29, 1.82) is 0 Å². The lowest BCUT2D eigenvalue weighted by molar-refractivity contribution is 0.284. The summed E-state index contributed by atoms with van der Waals surface area (Å²) in [5.41, 5.74) is 3.25. The van der Waals surface area contributed by atoms with Gasteiger partial charge in [0.1, 0.15) is 12.4 Å². The highest BCUT2D eigenvalue weighted by Gasteiger charge is 2.21. The molecule has 27 heavy (non-hydrogen) atoms. The van der Waals surface area contributed by atoms with Crippen molar-refractivity contribution in [2.24, 2.45) is 0 Å². The highest BCUT2D eigenvalue weighted by Crippen LogP contribution is 2.27. The molecule has 2 aromatic carbocycles. The molecular weight excluding hydrogens is 358 g/mol. The number of para-hydroxylation sites is 1. The van der Waals surface area contributed by atoms with E-state index in [1.165, 1.54) is 0 Å². The van der Waals surface area contributed by atoms with Crippen LogP contribution in [0.2, 0.25) is 0 Å². The fourth-order valence-electron chi connectivity index (χ4n) is 2.89. The molecule has 0 fully saturated rings. The monoisotopic (exact) mass is 389 g/mol. The van der Waals surface area contributed by atoms with Gasteiger partial charge in [-0.05, 0) is 61.4 Å². The summed E-state index contributed by atoms with van der Waals surface area (Å²) >= 11 is 0. The zero-order valence-corrected chi connectivity index (χ0v) is 18.0. The minimum absolute atomic E-state index is 0.0300. The predicted molar refractivity (Wildman–Crippen MR) is 111 cm³/mol. The molecule has 2 aromatic rings. The Hall–Kier alpha value is -1.85. The van der Waals surface area contributed by atoms with E-state index in [0.717, 1.165) is 28.9 Å². The van der Waals surface area contributed by atoms with Gasteiger partial charge in [-0.25, -0.2) is 13.1 Å². The first-order valence-corrected chi connectivity index (χ1v) is 10.9. The molecule has 0 heterocycles. The lowest BCUT2D eigenvalue weighted by atomic mass is 9.82. The molecule has 1 N–H and O–H groups in total. The summed E-state index contributed by atoms with van der Waals surface area (Å²) in [6.07, 6.45) is 0.990. The molecule has 0 saturated heterocycles. The molecule has 5 heteroatoms. The summed E-state index contributed by atoms with van der Waals surface area (Å²) in [4.78, 5) is 0.275. The van der Waals surface area contributed by atoms with Gasteiger partial charge in [-0.2, -0.15) is 0 Å². The van der Waals surface area contributed by atoms with E-state index in [1.54, 1.807) is 19.1 Å². The predicted octanol–water partition coefficient (Wildman–Crippen LogP) is 4.74. The lowest BCUT2D eigenvalue weighted by Crippen LogP contribution is -2.36. The molecular formula is C22H31NO3S. The number of sulfonamides is 1. The largest absolute Gasteiger partial charge is 0.491 e. The molecule has 0 aromatic heterocycles. The Labute approximate surface area is 164 Å². The Morgan fingerprint density at radius 2 is 1.59 bits per heavy atom. The van der Waals surface area contributed by atoms with E-state index < -0.39 is 10.0 Å². The van der Waals surface area contributed by atoms with Gasteiger partial charge in [-0.3, -0.25) is 0 Å². The van der Waals surface area contributed by atoms with Gasteiger partial charge in [0.2, 0.25) is 10.0 Å². The first-order valence-electron chi connectivity index (χ1n) is 9.38. The second-order valence-electron chi connectivity index (χ2n) is 7.82. The van der Waals surface area contributed by atoms with Crippen LogP contribution in [0.5, 0.6) is 5.75 Å². The summed E-state index contributed by atoms with van der Waals surface area (Å²) in [6.45, 7) is 12.5. The van der Waals surface area contributed by atoms with E-state index in [1.807, 2.05) is 44.2 Å². The quantitative estimate of drug-likeness (QED) is 0.710. The SMILES string of the molecule is CCC(C)(C)c1ccc(S(=O)(=O)NC(C)COc2c(C)cccc2C)cc1. The van der Waals surface area contributed by atoms with Gasteiger partial charge in [0, 0.05) is 0 Å². The van der Waals surface area contributed by atoms with Crippen LogP contribution in [-0.4, -0.2) is 21.1 Å². The van der Waals surface area contributed by atoms with Crippen LogP contribution in [0.25, 0.3) is 0 Å². The second-order valence-corrected chi connectivity index (χ2v) is 9.53. The second kappa shape index (κ2) is 8.44.